The van der Waals surface area contributed by atoms with Crippen molar-refractivity contribution in [1.82, 2.24) is 15.5 Å². The van der Waals surface area contributed by atoms with Gasteiger partial charge in [-0.3, -0.25) is 9.89 Å². The Balaban J connectivity index is 1.73. The third-order valence-corrected chi connectivity index (χ3v) is 3.64. The van der Waals surface area contributed by atoms with Gasteiger partial charge in [0.15, 0.2) is 5.69 Å². The van der Waals surface area contributed by atoms with Crippen molar-refractivity contribution in [2.45, 2.75) is 51.6 Å². The van der Waals surface area contributed by atoms with Crippen LogP contribution in [-0.4, -0.2) is 35.4 Å². The number of rotatable bonds is 7. The van der Waals surface area contributed by atoms with Crippen LogP contribution in [0.25, 0.3) is 0 Å². The van der Waals surface area contributed by atoms with Crippen molar-refractivity contribution in [3.63, 3.8) is 0 Å². The normalized spacial score (nSPS) is 15.7. The Morgan fingerprint density at radius 2 is 2.25 bits per heavy atom. The summed E-state index contributed by atoms with van der Waals surface area (Å²) >= 11 is 0. The standard InChI is InChI=1S/C14H24N4O2/c1-2-5-11-12(15)13(18-17-11)14(19)16-8-9-20-10-6-3-4-7-10/h10H,2-9,15H2,1H3,(H,16,19)(H,17,18). The Hall–Kier alpha value is -1.56. The second-order valence-electron chi connectivity index (χ2n) is 5.25. The first-order chi connectivity index (χ1) is 9.72. The monoisotopic (exact) mass is 280 g/mol. The van der Waals surface area contributed by atoms with E-state index in [2.05, 4.69) is 22.4 Å². The molecule has 1 aromatic rings. The predicted octanol–water partition coefficient (Wildman–Crippen LogP) is 1.63. The number of nitrogens with one attached hydrogen (secondary N) is 2. The number of hydrogen-bond donors (Lipinski definition) is 3. The van der Waals surface area contributed by atoms with Crippen LogP contribution in [0.2, 0.25) is 0 Å². The Labute approximate surface area is 119 Å². The van der Waals surface area contributed by atoms with Gasteiger partial charge in [0, 0.05) is 6.54 Å². The molecule has 0 aromatic carbocycles. The zero-order chi connectivity index (χ0) is 14.4. The molecule has 2 rings (SSSR count). The number of ether oxygens (including phenoxy) is 1. The number of aryl methyl sites for hydroxylation is 1. The van der Waals surface area contributed by atoms with Gasteiger partial charge in [-0.1, -0.05) is 26.2 Å². The summed E-state index contributed by atoms with van der Waals surface area (Å²) in [6, 6.07) is 0. The summed E-state index contributed by atoms with van der Waals surface area (Å²) < 4.78 is 5.69. The van der Waals surface area contributed by atoms with E-state index in [-0.39, 0.29) is 11.6 Å². The molecule has 112 valence electrons. The smallest absolute Gasteiger partial charge is 0.274 e. The summed E-state index contributed by atoms with van der Waals surface area (Å²) in [4.78, 5) is 12.0. The third kappa shape index (κ3) is 3.72. The molecule has 1 amide bonds. The molecular formula is C14H24N4O2. The highest BCUT2D eigenvalue weighted by Gasteiger charge is 2.17. The van der Waals surface area contributed by atoms with Crippen LogP contribution >= 0.6 is 0 Å². The van der Waals surface area contributed by atoms with Crippen molar-refractivity contribution >= 4 is 11.6 Å². The van der Waals surface area contributed by atoms with Crippen molar-refractivity contribution in [2.24, 2.45) is 0 Å². The molecule has 1 saturated carbocycles. The van der Waals surface area contributed by atoms with Crippen molar-refractivity contribution in [3.8, 4) is 0 Å². The maximum absolute atomic E-state index is 12.0. The van der Waals surface area contributed by atoms with Crippen LogP contribution < -0.4 is 11.1 Å². The van der Waals surface area contributed by atoms with E-state index in [0.29, 0.717) is 24.9 Å². The molecule has 1 fully saturated rings. The number of carbonyl (C=O) groups excluding carboxylic acids is 1. The van der Waals surface area contributed by atoms with E-state index >= 15 is 0 Å². The fraction of sp³-hybridized carbons (Fsp3) is 0.714. The number of aromatic nitrogens is 2. The van der Waals surface area contributed by atoms with Crippen molar-refractivity contribution in [2.75, 3.05) is 18.9 Å². The van der Waals surface area contributed by atoms with Gasteiger partial charge in [-0.2, -0.15) is 5.10 Å². The lowest BCUT2D eigenvalue weighted by Crippen LogP contribution is -2.29. The largest absolute Gasteiger partial charge is 0.395 e. The molecule has 0 atom stereocenters. The first kappa shape index (κ1) is 14.8. The van der Waals surface area contributed by atoms with Gasteiger partial charge in [-0.25, -0.2) is 0 Å². The minimum atomic E-state index is -0.240. The minimum Gasteiger partial charge on any atom is -0.395 e. The summed E-state index contributed by atoms with van der Waals surface area (Å²) in [5, 5.41) is 9.60. The first-order valence-electron chi connectivity index (χ1n) is 7.45. The van der Waals surface area contributed by atoms with Gasteiger partial charge < -0.3 is 15.8 Å². The number of aromatic amines is 1. The van der Waals surface area contributed by atoms with Crippen molar-refractivity contribution in [3.05, 3.63) is 11.4 Å². The first-order valence-corrected chi connectivity index (χ1v) is 7.45. The van der Waals surface area contributed by atoms with Crippen LogP contribution in [0.1, 0.15) is 55.2 Å². The molecule has 1 aliphatic carbocycles. The predicted molar refractivity (Wildman–Crippen MR) is 77.5 cm³/mol. The minimum absolute atomic E-state index is 0.240. The number of hydrogen-bond acceptors (Lipinski definition) is 4. The fourth-order valence-electron chi connectivity index (χ4n) is 2.53. The Morgan fingerprint density at radius 1 is 1.50 bits per heavy atom. The van der Waals surface area contributed by atoms with E-state index in [0.717, 1.165) is 31.4 Å². The van der Waals surface area contributed by atoms with E-state index in [1.165, 1.54) is 12.8 Å². The maximum Gasteiger partial charge on any atom is 0.274 e. The summed E-state index contributed by atoms with van der Waals surface area (Å²) in [6.07, 6.45) is 6.92. The lowest BCUT2D eigenvalue weighted by atomic mass is 10.2. The molecule has 6 nitrogen and oxygen atoms in total. The Morgan fingerprint density at radius 3 is 2.95 bits per heavy atom. The van der Waals surface area contributed by atoms with Crippen molar-refractivity contribution < 1.29 is 9.53 Å². The van der Waals surface area contributed by atoms with E-state index in [9.17, 15) is 4.79 Å². The number of nitrogens with zero attached hydrogens (tertiary/aromatic N) is 1. The number of nitrogen functional groups attached to an aromatic ring is 1. The molecule has 20 heavy (non-hydrogen) atoms. The number of nitrogens with two attached hydrogens (primary N) is 1. The molecule has 1 aromatic heterocycles. The van der Waals surface area contributed by atoms with Gasteiger partial charge in [0.05, 0.1) is 24.1 Å². The van der Waals surface area contributed by atoms with Crippen LogP contribution in [-0.2, 0) is 11.2 Å². The van der Waals surface area contributed by atoms with Crippen LogP contribution in [0.5, 0.6) is 0 Å². The molecule has 1 aliphatic rings. The topological polar surface area (TPSA) is 93.0 Å². The highest BCUT2D eigenvalue weighted by Crippen LogP contribution is 2.20. The number of amides is 1. The highest BCUT2D eigenvalue weighted by molar-refractivity contribution is 5.97. The quantitative estimate of drug-likeness (QED) is 0.662. The molecule has 6 heteroatoms. The third-order valence-electron chi connectivity index (χ3n) is 3.64. The summed E-state index contributed by atoms with van der Waals surface area (Å²) in [7, 11) is 0. The zero-order valence-corrected chi connectivity index (χ0v) is 12.1. The van der Waals surface area contributed by atoms with Crippen molar-refractivity contribution in [1.29, 1.82) is 0 Å². The molecule has 1 heterocycles. The second kappa shape index (κ2) is 7.28. The summed E-state index contributed by atoms with van der Waals surface area (Å²) in [6.45, 7) is 3.09. The van der Waals surface area contributed by atoms with Crippen LogP contribution in [0.15, 0.2) is 0 Å². The molecule has 0 bridgehead atoms. The molecule has 0 spiro atoms. The number of anilines is 1. The average molecular weight is 280 g/mol. The molecular weight excluding hydrogens is 256 g/mol. The molecule has 4 N–H and O–H groups in total. The van der Waals surface area contributed by atoms with E-state index in [1.54, 1.807) is 0 Å². The molecule has 0 saturated heterocycles. The van der Waals surface area contributed by atoms with Gasteiger partial charge in [0.25, 0.3) is 5.91 Å². The maximum atomic E-state index is 12.0. The zero-order valence-electron chi connectivity index (χ0n) is 12.1. The van der Waals surface area contributed by atoms with Gasteiger partial charge >= 0.3 is 0 Å². The van der Waals surface area contributed by atoms with E-state index < -0.39 is 0 Å². The number of carbonyl (C=O) groups is 1. The van der Waals surface area contributed by atoms with E-state index in [1.807, 2.05) is 0 Å². The van der Waals surface area contributed by atoms with Gasteiger partial charge in [-0.15, -0.1) is 0 Å². The van der Waals surface area contributed by atoms with Gasteiger partial charge in [0.1, 0.15) is 0 Å². The Bertz CT molecular complexity index is 438. The van der Waals surface area contributed by atoms with Crippen LogP contribution in [0.4, 0.5) is 5.69 Å². The SMILES string of the molecule is CCCc1[nH]nc(C(=O)NCCOC2CCCC2)c1N. The molecule has 0 aliphatic heterocycles. The number of H-pyrrole nitrogens is 1. The van der Waals surface area contributed by atoms with E-state index in [4.69, 9.17) is 10.5 Å². The average Bonchev–Trinajstić information content (AvgIpc) is 3.06. The van der Waals surface area contributed by atoms with Gasteiger partial charge in [-0.05, 0) is 19.3 Å². The van der Waals surface area contributed by atoms with Crippen LogP contribution in [0, 0.1) is 0 Å². The van der Waals surface area contributed by atoms with Crippen LogP contribution in [0.3, 0.4) is 0 Å². The molecule has 0 unspecified atom stereocenters. The summed E-state index contributed by atoms with van der Waals surface area (Å²) in [5.41, 5.74) is 7.49. The second-order valence-corrected chi connectivity index (χ2v) is 5.25. The lowest BCUT2D eigenvalue weighted by Gasteiger charge is -2.11. The summed E-state index contributed by atoms with van der Waals surface area (Å²) in [5.74, 6) is -0.240. The fourth-order valence-corrected chi connectivity index (χ4v) is 2.53. The Kier molecular flexibility index (Phi) is 5.40. The van der Waals surface area contributed by atoms with Gasteiger partial charge in [0.2, 0.25) is 0 Å². The highest BCUT2D eigenvalue weighted by atomic mass is 16.5. The lowest BCUT2D eigenvalue weighted by molar-refractivity contribution is 0.0581. The molecule has 0 radical (unpaired) electrons.